The third-order valence-corrected chi connectivity index (χ3v) is 5.22. The van der Waals surface area contributed by atoms with Crippen molar-refractivity contribution in [3.05, 3.63) is 28.9 Å². The van der Waals surface area contributed by atoms with Crippen LogP contribution < -0.4 is 5.32 Å². The van der Waals surface area contributed by atoms with Crippen molar-refractivity contribution < 1.29 is 5.11 Å². The van der Waals surface area contributed by atoms with Crippen LogP contribution in [0.4, 0.5) is 5.95 Å². The summed E-state index contributed by atoms with van der Waals surface area (Å²) in [6, 6.07) is 3.73. The highest BCUT2D eigenvalue weighted by molar-refractivity contribution is 6.30. The topological polar surface area (TPSA) is 71.1 Å². The number of benzene rings is 1. The zero-order valence-electron chi connectivity index (χ0n) is 15.2. The number of hydrogen-bond acceptors (Lipinski definition) is 5. The van der Waals surface area contributed by atoms with Crippen molar-refractivity contribution in [1.82, 2.24) is 24.2 Å². The summed E-state index contributed by atoms with van der Waals surface area (Å²) in [5.74, 6) is 0.929. The van der Waals surface area contributed by atoms with Crippen LogP contribution in [0.2, 0.25) is 5.02 Å². The third kappa shape index (κ3) is 3.01. The number of aromatic hydroxyl groups is 1. The predicted molar refractivity (Wildman–Crippen MR) is 103 cm³/mol. The van der Waals surface area contributed by atoms with Crippen LogP contribution >= 0.6 is 11.6 Å². The van der Waals surface area contributed by atoms with E-state index >= 15 is 0 Å². The van der Waals surface area contributed by atoms with Crippen molar-refractivity contribution >= 4 is 28.7 Å². The number of rotatable bonds is 3. The van der Waals surface area contributed by atoms with E-state index in [4.69, 9.17) is 11.6 Å². The smallest absolute Gasteiger partial charge is 0.205 e. The molecule has 0 amide bonds. The lowest BCUT2D eigenvalue weighted by Crippen LogP contribution is -2.40. The van der Waals surface area contributed by atoms with E-state index in [-0.39, 0.29) is 5.75 Å². The second kappa shape index (κ2) is 6.48. The maximum atomic E-state index is 10.3. The predicted octanol–water partition coefficient (Wildman–Crippen LogP) is 2.93. The van der Waals surface area contributed by atoms with E-state index in [0.29, 0.717) is 22.4 Å². The van der Waals surface area contributed by atoms with Crippen LogP contribution in [0.3, 0.4) is 0 Å². The monoisotopic (exact) mass is 374 g/mol. The molecule has 0 bridgehead atoms. The Balaban J connectivity index is 1.66. The molecule has 4 rings (SSSR count). The Labute approximate surface area is 157 Å². The molecule has 0 radical (unpaired) electrons. The molecule has 0 saturated carbocycles. The van der Waals surface area contributed by atoms with Gasteiger partial charge in [-0.05, 0) is 45.0 Å². The van der Waals surface area contributed by atoms with Gasteiger partial charge in [0.1, 0.15) is 17.0 Å². The quantitative estimate of drug-likeness (QED) is 0.737. The molecule has 8 heteroatoms. The SMILES string of the molecule is Cc1cc(Cl)cc(O)c1-n1cc2c(nc(NC3CCCN(C)C3)n2C)n1. The van der Waals surface area contributed by atoms with Gasteiger partial charge in [0.15, 0.2) is 0 Å². The van der Waals surface area contributed by atoms with Gasteiger partial charge in [0.2, 0.25) is 11.6 Å². The van der Waals surface area contributed by atoms with E-state index in [1.54, 1.807) is 4.68 Å². The minimum absolute atomic E-state index is 0.103. The molecule has 3 heterocycles. The Kier molecular flexibility index (Phi) is 4.28. The number of phenols is 1. The minimum Gasteiger partial charge on any atom is -0.506 e. The number of nitrogens with one attached hydrogen (secondary N) is 1. The Morgan fingerprint density at radius 2 is 2.12 bits per heavy atom. The lowest BCUT2D eigenvalue weighted by molar-refractivity contribution is 0.260. The molecular formula is C18H23ClN6O. The fourth-order valence-electron chi connectivity index (χ4n) is 3.69. The maximum absolute atomic E-state index is 10.3. The summed E-state index contributed by atoms with van der Waals surface area (Å²) in [7, 11) is 4.12. The molecule has 0 aliphatic carbocycles. The van der Waals surface area contributed by atoms with Gasteiger partial charge >= 0.3 is 0 Å². The van der Waals surface area contributed by atoms with Crippen molar-refractivity contribution in [3.63, 3.8) is 0 Å². The molecule has 7 nitrogen and oxygen atoms in total. The molecule has 1 unspecified atom stereocenters. The highest BCUT2D eigenvalue weighted by atomic mass is 35.5. The highest BCUT2D eigenvalue weighted by Gasteiger charge is 2.21. The first-order chi connectivity index (χ1) is 12.4. The summed E-state index contributed by atoms with van der Waals surface area (Å²) < 4.78 is 3.67. The molecule has 2 N–H and O–H groups in total. The summed E-state index contributed by atoms with van der Waals surface area (Å²) >= 11 is 6.00. The molecule has 1 saturated heterocycles. The largest absolute Gasteiger partial charge is 0.506 e. The molecule has 1 atom stereocenters. The molecule has 1 aromatic carbocycles. The van der Waals surface area contributed by atoms with Crippen molar-refractivity contribution in [2.45, 2.75) is 25.8 Å². The van der Waals surface area contributed by atoms with Gasteiger partial charge in [0, 0.05) is 30.7 Å². The summed E-state index contributed by atoms with van der Waals surface area (Å²) in [5, 5.41) is 18.9. The maximum Gasteiger partial charge on any atom is 0.205 e. The second-order valence-corrected chi connectivity index (χ2v) is 7.55. The Bertz CT molecular complexity index is 939. The van der Waals surface area contributed by atoms with E-state index in [9.17, 15) is 5.11 Å². The molecule has 2 aromatic heterocycles. The van der Waals surface area contributed by atoms with Gasteiger partial charge in [0.25, 0.3) is 0 Å². The fraction of sp³-hybridized carbons (Fsp3) is 0.444. The van der Waals surface area contributed by atoms with Crippen LogP contribution in [-0.2, 0) is 7.05 Å². The van der Waals surface area contributed by atoms with Crippen LogP contribution in [0.25, 0.3) is 16.9 Å². The zero-order valence-corrected chi connectivity index (χ0v) is 16.0. The zero-order chi connectivity index (χ0) is 18.4. The van der Waals surface area contributed by atoms with Gasteiger partial charge in [-0.25, -0.2) is 4.68 Å². The third-order valence-electron chi connectivity index (χ3n) is 5.00. The summed E-state index contributed by atoms with van der Waals surface area (Å²) in [5.41, 5.74) is 3.03. The van der Waals surface area contributed by atoms with Gasteiger partial charge in [-0.3, -0.25) is 0 Å². The number of piperidine rings is 1. The van der Waals surface area contributed by atoms with Crippen molar-refractivity contribution in [2.75, 3.05) is 25.5 Å². The molecule has 3 aromatic rings. The molecule has 26 heavy (non-hydrogen) atoms. The van der Waals surface area contributed by atoms with E-state index in [1.807, 2.05) is 30.8 Å². The highest BCUT2D eigenvalue weighted by Crippen LogP contribution is 2.30. The number of nitrogens with zero attached hydrogens (tertiary/aromatic N) is 5. The number of aromatic nitrogens is 4. The number of aryl methyl sites for hydroxylation is 2. The summed E-state index contributed by atoms with van der Waals surface area (Å²) in [6.07, 6.45) is 4.22. The Morgan fingerprint density at radius 3 is 2.81 bits per heavy atom. The summed E-state index contributed by atoms with van der Waals surface area (Å²) in [6.45, 7) is 4.06. The average Bonchev–Trinajstić information content (AvgIpc) is 3.07. The van der Waals surface area contributed by atoms with Crippen LogP contribution in [0.15, 0.2) is 18.3 Å². The standard InChI is InChI=1S/C18H23ClN6O/c1-11-7-12(19)8-15(26)16(11)25-10-14-17(22-25)21-18(24(14)3)20-13-5-4-6-23(2)9-13/h7-8,10,13,26H,4-6,9H2,1-3H3,(H,20,21,22). The van der Waals surface area contributed by atoms with E-state index in [0.717, 1.165) is 36.5 Å². The molecule has 1 fully saturated rings. The van der Waals surface area contributed by atoms with Crippen molar-refractivity contribution in [3.8, 4) is 11.4 Å². The van der Waals surface area contributed by atoms with Gasteiger partial charge in [-0.1, -0.05) is 11.6 Å². The van der Waals surface area contributed by atoms with Crippen LogP contribution in [-0.4, -0.2) is 55.5 Å². The molecule has 0 spiro atoms. The van der Waals surface area contributed by atoms with E-state index in [1.165, 1.54) is 12.5 Å². The number of anilines is 1. The average molecular weight is 375 g/mol. The van der Waals surface area contributed by atoms with Crippen LogP contribution in [0, 0.1) is 6.92 Å². The fourth-order valence-corrected chi connectivity index (χ4v) is 3.95. The molecule has 1 aliphatic rings. The first-order valence-corrected chi connectivity index (χ1v) is 9.17. The van der Waals surface area contributed by atoms with E-state index in [2.05, 4.69) is 27.3 Å². The lowest BCUT2D eigenvalue weighted by Gasteiger charge is -2.30. The number of likely N-dealkylation sites (N-methyl/N-ethyl adjacent to an activating group) is 1. The normalized spacial score (nSPS) is 18.5. The molecular weight excluding hydrogens is 352 g/mol. The lowest BCUT2D eigenvalue weighted by atomic mass is 10.1. The first-order valence-electron chi connectivity index (χ1n) is 8.79. The second-order valence-electron chi connectivity index (χ2n) is 7.11. The van der Waals surface area contributed by atoms with Crippen molar-refractivity contribution in [2.24, 2.45) is 7.05 Å². The summed E-state index contributed by atoms with van der Waals surface area (Å²) in [4.78, 5) is 6.98. The number of likely N-dealkylation sites (tertiary alicyclic amines) is 1. The number of hydrogen-bond donors (Lipinski definition) is 2. The minimum atomic E-state index is 0.103. The van der Waals surface area contributed by atoms with E-state index < -0.39 is 0 Å². The van der Waals surface area contributed by atoms with Crippen molar-refractivity contribution in [1.29, 1.82) is 0 Å². The van der Waals surface area contributed by atoms with Gasteiger partial charge < -0.3 is 19.9 Å². The first kappa shape index (κ1) is 17.2. The number of imidazole rings is 1. The van der Waals surface area contributed by atoms with Gasteiger partial charge in [-0.15, -0.1) is 5.10 Å². The Morgan fingerprint density at radius 1 is 1.31 bits per heavy atom. The molecule has 138 valence electrons. The number of halogens is 1. The number of phenolic OH excluding ortho intramolecular Hbond substituents is 1. The van der Waals surface area contributed by atoms with Crippen LogP contribution in [0.1, 0.15) is 18.4 Å². The van der Waals surface area contributed by atoms with Gasteiger partial charge in [0.05, 0.1) is 6.20 Å². The Hall–Kier alpha value is -2.25. The number of fused-ring (bicyclic) bond motifs is 1. The van der Waals surface area contributed by atoms with Crippen LogP contribution in [0.5, 0.6) is 5.75 Å². The van der Waals surface area contributed by atoms with Gasteiger partial charge in [-0.2, -0.15) is 4.98 Å². The molecule has 1 aliphatic heterocycles.